The van der Waals surface area contributed by atoms with Crippen molar-refractivity contribution in [2.24, 2.45) is 0 Å². The molecular formula is C52H32N4S. The molecule has 0 fully saturated rings. The van der Waals surface area contributed by atoms with Gasteiger partial charge in [0, 0.05) is 43.0 Å². The Labute approximate surface area is 332 Å². The first kappa shape index (κ1) is 32.0. The maximum absolute atomic E-state index is 5.42. The smallest absolute Gasteiger partial charge is 0.235 e. The molecule has 0 aliphatic rings. The summed E-state index contributed by atoms with van der Waals surface area (Å²) >= 11 is 1.75. The standard InChI is InChI=1S/C52H32N4S/c1-4-12-32(13-5-1)36-22-26-46-40(28-36)41-29-38(37-21-24-43-42(30-37)49-39-19-11-10-14-33(39)20-25-44(49)53-43)23-27-47(41)56(46)52-54-45-31-48(34-15-6-2-7-16-34)57-51(45)50(55-52)35-17-8-3-9-18-35/h1-31,53H. The van der Waals surface area contributed by atoms with E-state index in [1.165, 1.54) is 48.7 Å². The molecule has 0 spiro atoms. The third kappa shape index (κ3) is 5.13. The molecule has 0 radical (unpaired) electrons. The zero-order chi connectivity index (χ0) is 37.5. The summed E-state index contributed by atoms with van der Waals surface area (Å²) in [4.78, 5) is 15.6. The van der Waals surface area contributed by atoms with E-state index in [0.29, 0.717) is 5.95 Å². The molecule has 0 saturated carbocycles. The number of benzene rings is 8. The molecule has 12 rings (SSSR count). The molecule has 0 aliphatic heterocycles. The summed E-state index contributed by atoms with van der Waals surface area (Å²) in [5, 5.41) is 7.32. The number of nitrogens with zero attached hydrogens (tertiary/aromatic N) is 3. The van der Waals surface area contributed by atoms with Crippen molar-refractivity contribution in [3.8, 4) is 49.9 Å². The third-order valence-electron chi connectivity index (χ3n) is 11.4. The molecule has 0 amide bonds. The van der Waals surface area contributed by atoms with Gasteiger partial charge in [0.05, 0.1) is 26.9 Å². The monoisotopic (exact) mass is 744 g/mol. The number of aromatic nitrogens is 4. The molecule has 57 heavy (non-hydrogen) atoms. The predicted molar refractivity (Wildman–Crippen MR) is 240 cm³/mol. The van der Waals surface area contributed by atoms with Crippen LogP contribution in [0.4, 0.5) is 0 Å². The van der Waals surface area contributed by atoms with Crippen LogP contribution in [0, 0.1) is 0 Å². The second-order valence-electron chi connectivity index (χ2n) is 14.7. The lowest BCUT2D eigenvalue weighted by atomic mass is 9.98. The van der Waals surface area contributed by atoms with Crippen molar-refractivity contribution in [2.75, 3.05) is 0 Å². The first-order valence-electron chi connectivity index (χ1n) is 19.2. The second kappa shape index (κ2) is 12.6. The van der Waals surface area contributed by atoms with E-state index in [9.17, 15) is 0 Å². The van der Waals surface area contributed by atoms with Gasteiger partial charge in [0.25, 0.3) is 0 Å². The van der Waals surface area contributed by atoms with Crippen molar-refractivity contribution in [2.45, 2.75) is 0 Å². The average Bonchev–Trinajstić information content (AvgIpc) is 3.98. The number of aromatic amines is 1. The quantitative estimate of drug-likeness (QED) is 0.191. The maximum atomic E-state index is 5.42. The van der Waals surface area contributed by atoms with Gasteiger partial charge in [-0.2, -0.15) is 0 Å². The Morgan fingerprint density at radius 3 is 1.72 bits per heavy atom. The van der Waals surface area contributed by atoms with Crippen LogP contribution in [0.5, 0.6) is 0 Å². The van der Waals surface area contributed by atoms with E-state index >= 15 is 0 Å². The molecule has 0 saturated heterocycles. The van der Waals surface area contributed by atoms with Gasteiger partial charge >= 0.3 is 0 Å². The number of H-pyrrole nitrogens is 1. The minimum Gasteiger partial charge on any atom is -0.354 e. The van der Waals surface area contributed by atoms with Gasteiger partial charge < -0.3 is 4.98 Å². The lowest BCUT2D eigenvalue weighted by Crippen LogP contribution is -2.02. The number of hydrogen-bond acceptors (Lipinski definition) is 3. The summed E-state index contributed by atoms with van der Waals surface area (Å²) in [5.41, 5.74) is 13.2. The maximum Gasteiger partial charge on any atom is 0.235 e. The number of thiophene rings is 1. The zero-order valence-corrected chi connectivity index (χ0v) is 31.5. The van der Waals surface area contributed by atoms with Crippen LogP contribution in [-0.4, -0.2) is 19.5 Å². The molecule has 4 nitrogen and oxygen atoms in total. The van der Waals surface area contributed by atoms with E-state index in [4.69, 9.17) is 9.97 Å². The molecule has 12 aromatic rings. The molecule has 0 bridgehead atoms. The topological polar surface area (TPSA) is 46.5 Å². The zero-order valence-electron chi connectivity index (χ0n) is 30.6. The second-order valence-corrected chi connectivity index (χ2v) is 15.7. The lowest BCUT2D eigenvalue weighted by Gasteiger charge is -2.10. The van der Waals surface area contributed by atoms with Gasteiger partial charge in [-0.3, -0.25) is 4.57 Å². The molecule has 266 valence electrons. The van der Waals surface area contributed by atoms with Crippen LogP contribution in [0.1, 0.15) is 0 Å². The van der Waals surface area contributed by atoms with Crippen molar-refractivity contribution in [1.29, 1.82) is 0 Å². The summed E-state index contributed by atoms with van der Waals surface area (Å²) < 4.78 is 3.34. The summed E-state index contributed by atoms with van der Waals surface area (Å²) in [7, 11) is 0. The number of hydrogen-bond donors (Lipinski definition) is 1. The minimum absolute atomic E-state index is 0.658. The predicted octanol–water partition coefficient (Wildman–Crippen LogP) is 14.2. The van der Waals surface area contributed by atoms with E-state index < -0.39 is 0 Å². The SMILES string of the molecule is c1ccc(-c2ccc3c(c2)c2cc(-c4ccc5[nH]c6ccc7ccccc7c6c5c4)ccc2n3-c2nc(-c3ccccc3)c3sc(-c4ccccc4)cc3n2)cc1. The Hall–Kier alpha value is -7.34. The van der Waals surface area contributed by atoms with Crippen molar-refractivity contribution < 1.29 is 0 Å². The van der Waals surface area contributed by atoms with Gasteiger partial charge in [0.2, 0.25) is 5.95 Å². The first-order chi connectivity index (χ1) is 28.2. The Morgan fingerprint density at radius 1 is 0.421 bits per heavy atom. The van der Waals surface area contributed by atoms with E-state index in [1.807, 2.05) is 0 Å². The first-order valence-corrected chi connectivity index (χ1v) is 20.1. The number of nitrogens with one attached hydrogen (secondary N) is 1. The fourth-order valence-electron chi connectivity index (χ4n) is 8.63. The highest BCUT2D eigenvalue weighted by atomic mass is 32.1. The summed E-state index contributed by atoms with van der Waals surface area (Å²) in [6, 6.07) is 67.4. The van der Waals surface area contributed by atoms with Gasteiger partial charge in [-0.25, -0.2) is 9.97 Å². The lowest BCUT2D eigenvalue weighted by molar-refractivity contribution is 1.02. The average molecular weight is 745 g/mol. The van der Waals surface area contributed by atoms with Crippen molar-refractivity contribution in [1.82, 2.24) is 19.5 Å². The fraction of sp³-hybridized carbons (Fsp3) is 0. The van der Waals surface area contributed by atoms with Gasteiger partial charge in [0.15, 0.2) is 0 Å². The van der Waals surface area contributed by atoms with Crippen LogP contribution in [0.3, 0.4) is 0 Å². The Morgan fingerprint density at radius 2 is 1.00 bits per heavy atom. The highest BCUT2D eigenvalue weighted by molar-refractivity contribution is 7.22. The van der Waals surface area contributed by atoms with Crippen LogP contribution >= 0.6 is 11.3 Å². The Kier molecular flexibility index (Phi) is 7.06. The van der Waals surface area contributed by atoms with Crippen molar-refractivity contribution >= 4 is 75.9 Å². The Bertz CT molecular complexity index is 3510. The van der Waals surface area contributed by atoms with Crippen molar-refractivity contribution in [3.63, 3.8) is 0 Å². The molecule has 5 heteroatoms. The van der Waals surface area contributed by atoms with Crippen LogP contribution < -0.4 is 0 Å². The van der Waals surface area contributed by atoms with Crippen LogP contribution in [-0.2, 0) is 0 Å². The van der Waals surface area contributed by atoms with E-state index in [0.717, 1.165) is 59.9 Å². The summed E-state index contributed by atoms with van der Waals surface area (Å²) in [5.74, 6) is 0.658. The number of rotatable bonds is 5. The Balaban J connectivity index is 1.10. The van der Waals surface area contributed by atoms with Gasteiger partial charge in [0.1, 0.15) is 0 Å². The normalized spacial score (nSPS) is 11.9. The highest BCUT2D eigenvalue weighted by Crippen LogP contribution is 2.42. The highest BCUT2D eigenvalue weighted by Gasteiger charge is 2.21. The van der Waals surface area contributed by atoms with Gasteiger partial charge in [-0.1, -0.05) is 140 Å². The molecular weight excluding hydrogens is 713 g/mol. The fourth-order valence-corrected chi connectivity index (χ4v) is 9.75. The van der Waals surface area contributed by atoms with Crippen LogP contribution in [0.15, 0.2) is 188 Å². The third-order valence-corrected chi connectivity index (χ3v) is 12.5. The molecule has 0 aliphatic carbocycles. The molecule has 8 aromatic carbocycles. The van der Waals surface area contributed by atoms with Crippen LogP contribution in [0.2, 0.25) is 0 Å². The van der Waals surface area contributed by atoms with Crippen LogP contribution in [0.25, 0.3) is 115 Å². The van der Waals surface area contributed by atoms with Gasteiger partial charge in [-0.05, 0) is 87.1 Å². The molecule has 0 atom stereocenters. The summed E-state index contributed by atoms with van der Waals surface area (Å²) in [6.07, 6.45) is 0. The number of fused-ring (bicyclic) bond motifs is 9. The minimum atomic E-state index is 0.658. The van der Waals surface area contributed by atoms with Gasteiger partial charge in [-0.15, -0.1) is 11.3 Å². The molecule has 4 aromatic heterocycles. The molecule has 4 heterocycles. The molecule has 1 N–H and O–H groups in total. The van der Waals surface area contributed by atoms with E-state index in [1.54, 1.807) is 11.3 Å². The largest absolute Gasteiger partial charge is 0.354 e. The van der Waals surface area contributed by atoms with E-state index in [-0.39, 0.29) is 0 Å². The van der Waals surface area contributed by atoms with E-state index in [2.05, 4.69) is 198 Å². The molecule has 0 unspecified atom stereocenters. The van der Waals surface area contributed by atoms with Crippen molar-refractivity contribution in [3.05, 3.63) is 188 Å². The summed E-state index contributed by atoms with van der Waals surface area (Å²) in [6.45, 7) is 0.